The molecular formula is C16H10O3S. The first-order valence-corrected chi connectivity index (χ1v) is 7.64. The zero-order chi connectivity index (χ0) is 13.9. The second-order valence-corrected chi connectivity index (χ2v) is 6.29. The highest BCUT2D eigenvalue weighted by atomic mass is 32.2. The summed E-state index contributed by atoms with van der Waals surface area (Å²) in [6.07, 6.45) is 0. The lowest BCUT2D eigenvalue weighted by molar-refractivity contribution is 0.484. The van der Waals surface area contributed by atoms with Crippen molar-refractivity contribution in [2.45, 2.75) is 4.90 Å². The van der Waals surface area contributed by atoms with E-state index in [2.05, 4.69) is 0 Å². The smallest absolute Gasteiger partial charge is 0.282 e. The van der Waals surface area contributed by atoms with Gasteiger partial charge in [0.15, 0.2) is 0 Å². The molecule has 4 heteroatoms. The zero-order valence-corrected chi connectivity index (χ0v) is 11.2. The van der Waals surface area contributed by atoms with Gasteiger partial charge in [-0.25, -0.2) is 0 Å². The lowest BCUT2D eigenvalue weighted by atomic mass is 9.94. The standard InChI is InChI=1S/C16H10O3S/c17-20(18,19)14-9-12-5-1-3-10-7-8-11-4-2-6-13(14)16(11)15(10)12/h1-9H,(H,17,18,19). The Bertz CT molecular complexity index is 1070. The fraction of sp³-hybridized carbons (Fsp3) is 0. The summed E-state index contributed by atoms with van der Waals surface area (Å²) < 4.78 is 32.8. The second-order valence-electron chi connectivity index (χ2n) is 4.90. The molecule has 0 saturated heterocycles. The molecule has 4 aromatic rings. The Kier molecular flexibility index (Phi) is 2.14. The first kappa shape index (κ1) is 11.6. The summed E-state index contributed by atoms with van der Waals surface area (Å²) in [7, 11) is -4.25. The molecule has 0 spiro atoms. The Morgan fingerprint density at radius 1 is 0.750 bits per heavy atom. The van der Waals surface area contributed by atoms with Crippen LogP contribution in [0.2, 0.25) is 0 Å². The van der Waals surface area contributed by atoms with E-state index in [9.17, 15) is 13.0 Å². The lowest BCUT2D eigenvalue weighted by Crippen LogP contribution is -2.00. The highest BCUT2D eigenvalue weighted by Crippen LogP contribution is 2.37. The van der Waals surface area contributed by atoms with E-state index in [1.54, 1.807) is 18.2 Å². The Morgan fingerprint density at radius 2 is 1.35 bits per heavy atom. The van der Waals surface area contributed by atoms with Crippen LogP contribution < -0.4 is 0 Å². The zero-order valence-electron chi connectivity index (χ0n) is 10.4. The molecule has 0 aliphatic rings. The molecule has 0 unspecified atom stereocenters. The third-order valence-electron chi connectivity index (χ3n) is 3.75. The molecule has 0 aromatic heterocycles. The van der Waals surface area contributed by atoms with Crippen LogP contribution in [0.3, 0.4) is 0 Å². The van der Waals surface area contributed by atoms with Gasteiger partial charge in [-0.2, -0.15) is 8.42 Å². The number of hydrogen-bond donors (Lipinski definition) is 1. The van der Waals surface area contributed by atoms with Gasteiger partial charge in [0.1, 0.15) is 4.90 Å². The highest BCUT2D eigenvalue weighted by molar-refractivity contribution is 7.86. The van der Waals surface area contributed by atoms with Crippen LogP contribution >= 0.6 is 0 Å². The Balaban J connectivity index is 2.44. The van der Waals surface area contributed by atoms with Crippen LogP contribution in [0.5, 0.6) is 0 Å². The summed E-state index contributed by atoms with van der Waals surface area (Å²) in [5, 5.41) is 5.34. The quantitative estimate of drug-likeness (QED) is 0.426. The van der Waals surface area contributed by atoms with Gasteiger partial charge >= 0.3 is 0 Å². The minimum atomic E-state index is -4.25. The monoisotopic (exact) mass is 282 g/mol. The molecule has 20 heavy (non-hydrogen) atoms. The van der Waals surface area contributed by atoms with E-state index in [4.69, 9.17) is 0 Å². The molecular weight excluding hydrogens is 272 g/mol. The molecule has 0 fully saturated rings. The molecule has 1 N–H and O–H groups in total. The van der Waals surface area contributed by atoms with Gasteiger partial charge < -0.3 is 0 Å². The first-order chi connectivity index (χ1) is 9.55. The van der Waals surface area contributed by atoms with Crippen molar-refractivity contribution < 1.29 is 13.0 Å². The molecule has 0 bridgehead atoms. The van der Waals surface area contributed by atoms with Gasteiger partial charge in [0, 0.05) is 5.39 Å². The van der Waals surface area contributed by atoms with Gasteiger partial charge in [0.05, 0.1) is 0 Å². The SMILES string of the molecule is O=S(=O)(O)c1cc2cccc3ccc4cccc1c4c32. The predicted octanol–water partition coefficient (Wildman–Crippen LogP) is 3.83. The summed E-state index contributed by atoms with van der Waals surface area (Å²) in [4.78, 5) is -0.0331. The maximum Gasteiger partial charge on any atom is 0.295 e. The number of hydrogen-bond acceptors (Lipinski definition) is 2. The van der Waals surface area contributed by atoms with Crippen LogP contribution in [0.15, 0.2) is 59.5 Å². The van der Waals surface area contributed by atoms with Gasteiger partial charge in [-0.05, 0) is 33.0 Å². The summed E-state index contributed by atoms with van der Waals surface area (Å²) in [5.74, 6) is 0. The van der Waals surface area contributed by atoms with Crippen LogP contribution in [0.4, 0.5) is 0 Å². The third kappa shape index (κ3) is 1.46. The van der Waals surface area contributed by atoms with E-state index in [1.807, 2.05) is 36.4 Å². The van der Waals surface area contributed by atoms with Crippen molar-refractivity contribution in [1.82, 2.24) is 0 Å². The van der Waals surface area contributed by atoms with Crippen LogP contribution in [-0.2, 0) is 10.1 Å². The molecule has 0 atom stereocenters. The van der Waals surface area contributed by atoms with E-state index in [0.29, 0.717) is 5.39 Å². The van der Waals surface area contributed by atoms with Gasteiger partial charge in [0.25, 0.3) is 10.1 Å². The van der Waals surface area contributed by atoms with Crippen molar-refractivity contribution >= 4 is 42.4 Å². The van der Waals surface area contributed by atoms with Crippen molar-refractivity contribution in [3.63, 3.8) is 0 Å². The Morgan fingerprint density at radius 3 is 2.05 bits per heavy atom. The lowest BCUT2D eigenvalue weighted by Gasteiger charge is -2.12. The molecule has 98 valence electrons. The van der Waals surface area contributed by atoms with E-state index in [1.165, 1.54) is 0 Å². The van der Waals surface area contributed by atoms with Crippen LogP contribution in [-0.4, -0.2) is 13.0 Å². The fourth-order valence-electron chi connectivity index (χ4n) is 2.94. The molecule has 0 amide bonds. The average molecular weight is 282 g/mol. The Hall–Kier alpha value is -2.17. The van der Waals surface area contributed by atoms with Crippen LogP contribution in [0, 0.1) is 0 Å². The molecule has 0 aliphatic heterocycles. The highest BCUT2D eigenvalue weighted by Gasteiger charge is 2.18. The summed E-state index contributed by atoms with van der Waals surface area (Å²) in [5.41, 5.74) is 0. The minimum absolute atomic E-state index is 0.0331. The largest absolute Gasteiger partial charge is 0.295 e. The van der Waals surface area contributed by atoms with E-state index >= 15 is 0 Å². The summed E-state index contributed by atoms with van der Waals surface area (Å²) in [6, 6.07) is 16.8. The average Bonchev–Trinajstić information content (AvgIpc) is 2.43. The van der Waals surface area contributed by atoms with E-state index in [-0.39, 0.29) is 4.90 Å². The summed E-state index contributed by atoms with van der Waals surface area (Å²) >= 11 is 0. The molecule has 4 aromatic carbocycles. The maximum atomic E-state index is 11.6. The summed E-state index contributed by atoms with van der Waals surface area (Å²) in [6.45, 7) is 0. The normalized spacial score (nSPS) is 12.7. The topological polar surface area (TPSA) is 54.4 Å². The molecule has 0 heterocycles. The first-order valence-electron chi connectivity index (χ1n) is 6.20. The van der Waals surface area contributed by atoms with Crippen molar-refractivity contribution in [3.8, 4) is 0 Å². The van der Waals surface area contributed by atoms with Crippen LogP contribution in [0.25, 0.3) is 32.3 Å². The predicted molar refractivity (Wildman–Crippen MR) is 80.0 cm³/mol. The third-order valence-corrected chi connectivity index (χ3v) is 4.64. The molecule has 0 saturated carbocycles. The second kappa shape index (κ2) is 3.69. The fourth-order valence-corrected chi connectivity index (χ4v) is 3.67. The van der Waals surface area contributed by atoms with Crippen molar-refractivity contribution in [1.29, 1.82) is 0 Å². The minimum Gasteiger partial charge on any atom is -0.282 e. The number of rotatable bonds is 1. The number of benzene rings is 4. The molecule has 0 radical (unpaired) electrons. The molecule has 3 nitrogen and oxygen atoms in total. The van der Waals surface area contributed by atoms with E-state index in [0.717, 1.165) is 26.9 Å². The molecule has 0 aliphatic carbocycles. The van der Waals surface area contributed by atoms with Gasteiger partial charge in [-0.1, -0.05) is 48.5 Å². The van der Waals surface area contributed by atoms with Crippen molar-refractivity contribution in [2.24, 2.45) is 0 Å². The van der Waals surface area contributed by atoms with Crippen molar-refractivity contribution in [3.05, 3.63) is 54.6 Å². The van der Waals surface area contributed by atoms with Crippen LogP contribution in [0.1, 0.15) is 0 Å². The van der Waals surface area contributed by atoms with Gasteiger partial charge in [-0.3, -0.25) is 4.55 Å². The van der Waals surface area contributed by atoms with E-state index < -0.39 is 10.1 Å². The van der Waals surface area contributed by atoms with Crippen molar-refractivity contribution in [2.75, 3.05) is 0 Å². The maximum absolute atomic E-state index is 11.6. The van der Waals surface area contributed by atoms with Gasteiger partial charge in [-0.15, -0.1) is 0 Å². The van der Waals surface area contributed by atoms with Gasteiger partial charge in [0.2, 0.25) is 0 Å². The Labute approximate surface area is 115 Å². The molecule has 4 rings (SSSR count).